The van der Waals surface area contributed by atoms with E-state index in [1.165, 1.54) is 18.2 Å². The fourth-order valence-corrected chi connectivity index (χ4v) is 3.77. The van der Waals surface area contributed by atoms with Crippen LogP contribution >= 0.6 is 0 Å². The molecule has 3 aromatic rings. The number of benzene rings is 2. The summed E-state index contributed by atoms with van der Waals surface area (Å²) in [5.74, 6) is -0.597. The molecule has 1 aliphatic heterocycles. The fourth-order valence-electron chi connectivity index (χ4n) is 3.77. The Kier molecular flexibility index (Phi) is 5.19. The number of rotatable bonds is 4. The van der Waals surface area contributed by atoms with Gasteiger partial charge in [-0.2, -0.15) is 4.39 Å². The number of halogens is 2. The summed E-state index contributed by atoms with van der Waals surface area (Å²) in [6.07, 6.45) is 2.14. The Hall–Kier alpha value is -3.02. The number of amides is 1. The number of aromatic nitrogens is 1. The first kappa shape index (κ1) is 18.3. The van der Waals surface area contributed by atoms with Crippen LogP contribution in [0, 0.1) is 17.7 Å². The van der Waals surface area contributed by atoms with E-state index in [9.17, 15) is 13.6 Å². The topological polar surface area (TPSA) is 45.2 Å². The standard InChI is InChI=1S/C22H21F2N3O/c23-16-5-7-17(8-6-16)25-22(28)13-15-9-11-27(12-10-15)20-14-21(24)26-19-4-2-1-3-18(19)20/h1-8,14-15H,9-13H2,(H,25,28). The largest absolute Gasteiger partial charge is 0.371 e. The second-order valence-corrected chi connectivity index (χ2v) is 7.17. The zero-order chi connectivity index (χ0) is 19.5. The van der Waals surface area contributed by atoms with Gasteiger partial charge >= 0.3 is 0 Å². The molecule has 144 valence electrons. The summed E-state index contributed by atoms with van der Waals surface area (Å²) in [5.41, 5.74) is 2.11. The van der Waals surface area contributed by atoms with Crippen molar-refractivity contribution in [1.82, 2.24) is 4.98 Å². The van der Waals surface area contributed by atoms with E-state index in [0.29, 0.717) is 17.6 Å². The number of para-hydroxylation sites is 1. The zero-order valence-corrected chi connectivity index (χ0v) is 15.4. The van der Waals surface area contributed by atoms with Crippen LogP contribution < -0.4 is 10.2 Å². The van der Waals surface area contributed by atoms with Gasteiger partial charge in [0.25, 0.3) is 0 Å². The third-order valence-corrected chi connectivity index (χ3v) is 5.22. The highest BCUT2D eigenvalue weighted by molar-refractivity contribution is 5.92. The van der Waals surface area contributed by atoms with Crippen molar-refractivity contribution in [3.63, 3.8) is 0 Å². The molecule has 28 heavy (non-hydrogen) atoms. The number of carbonyl (C=O) groups is 1. The zero-order valence-electron chi connectivity index (χ0n) is 15.4. The molecule has 6 heteroatoms. The lowest BCUT2D eigenvalue weighted by Gasteiger charge is -2.34. The van der Waals surface area contributed by atoms with E-state index in [1.54, 1.807) is 12.1 Å². The van der Waals surface area contributed by atoms with Crippen LogP contribution in [0.25, 0.3) is 10.9 Å². The molecule has 1 aromatic heterocycles. The molecule has 0 saturated carbocycles. The Labute approximate surface area is 162 Å². The van der Waals surface area contributed by atoms with Gasteiger partial charge in [0.1, 0.15) is 5.82 Å². The molecule has 4 nitrogen and oxygen atoms in total. The van der Waals surface area contributed by atoms with Crippen molar-refractivity contribution >= 4 is 28.2 Å². The van der Waals surface area contributed by atoms with E-state index in [4.69, 9.17) is 0 Å². The first-order valence-electron chi connectivity index (χ1n) is 9.44. The van der Waals surface area contributed by atoms with Crippen molar-refractivity contribution in [2.75, 3.05) is 23.3 Å². The van der Waals surface area contributed by atoms with E-state index in [0.717, 1.165) is 37.0 Å². The van der Waals surface area contributed by atoms with Gasteiger partial charge in [-0.25, -0.2) is 9.37 Å². The normalized spacial score (nSPS) is 15.0. The number of hydrogen-bond acceptors (Lipinski definition) is 3. The number of piperidine rings is 1. The van der Waals surface area contributed by atoms with E-state index in [-0.39, 0.29) is 17.6 Å². The SMILES string of the molecule is O=C(CC1CCN(c2cc(F)nc3ccccc23)CC1)Nc1ccc(F)cc1. The van der Waals surface area contributed by atoms with Gasteiger partial charge < -0.3 is 10.2 Å². The van der Waals surface area contributed by atoms with Crippen LogP contribution in [-0.4, -0.2) is 24.0 Å². The van der Waals surface area contributed by atoms with Crippen LogP contribution in [-0.2, 0) is 4.79 Å². The summed E-state index contributed by atoms with van der Waals surface area (Å²) in [5, 5.41) is 3.76. The van der Waals surface area contributed by atoms with Gasteiger partial charge in [0, 0.05) is 36.7 Å². The first-order valence-corrected chi connectivity index (χ1v) is 9.44. The van der Waals surface area contributed by atoms with Crippen molar-refractivity contribution in [3.05, 3.63) is 66.4 Å². The molecule has 1 saturated heterocycles. The summed E-state index contributed by atoms with van der Waals surface area (Å²) >= 11 is 0. The highest BCUT2D eigenvalue weighted by Crippen LogP contribution is 2.31. The van der Waals surface area contributed by atoms with Crippen LogP contribution in [0.15, 0.2) is 54.6 Å². The number of nitrogens with zero attached hydrogens (tertiary/aromatic N) is 2. The number of carbonyl (C=O) groups excluding carboxylic acids is 1. The van der Waals surface area contributed by atoms with Gasteiger partial charge in [-0.3, -0.25) is 4.79 Å². The number of fused-ring (bicyclic) bond motifs is 1. The van der Waals surface area contributed by atoms with Crippen LogP contribution in [0.1, 0.15) is 19.3 Å². The second-order valence-electron chi connectivity index (χ2n) is 7.17. The third-order valence-electron chi connectivity index (χ3n) is 5.22. The van der Waals surface area contributed by atoms with E-state index in [2.05, 4.69) is 15.2 Å². The minimum absolute atomic E-state index is 0.0644. The monoisotopic (exact) mass is 381 g/mol. The number of hydrogen-bond donors (Lipinski definition) is 1. The lowest BCUT2D eigenvalue weighted by atomic mass is 9.92. The highest BCUT2D eigenvalue weighted by atomic mass is 19.1. The molecule has 0 atom stereocenters. The lowest BCUT2D eigenvalue weighted by molar-refractivity contribution is -0.117. The third kappa shape index (κ3) is 4.11. The van der Waals surface area contributed by atoms with E-state index in [1.807, 2.05) is 24.3 Å². The molecular weight excluding hydrogens is 360 g/mol. The smallest absolute Gasteiger partial charge is 0.224 e. The average molecular weight is 381 g/mol. The first-order chi connectivity index (χ1) is 13.6. The predicted molar refractivity (Wildman–Crippen MR) is 106 cm³/mol. The molecule has 0 spiro atoms. The average Bonchev–Trinajstić information content (AvgIpc) is 2.70. The Morgan fingerprint density at radius 1 is 1.07 bits per heavy atom. The molecule has 0 radical (unpaired) electrons. The highest BCUT2D eigenvalue weighted by Gasteiger charge is 2.23. The van der Waals surface area contributed by atoms with Gasteiger partial charge in [0.05, 0.1) is 11.2 Å². The minimum atomic E-state index is -0.477. The quantitative estimate of drug-likeness (QED) is 0.663. The maximum absolute atomic E-state index is 13.9. The molecule has 0 unspecified atom stereocenters. The summed E-state index contributed by atoms with van der Waals surface area (Å²) in [7, 11) is 0. The molecule has 1 aliphatic rings. The molecule has 1 fully saturated rings. The van der Waals surface area contributed by atoms with Crippen molar-refractivity contribution in [1.29, 1.82) is 0 Å². The Bertz CT molecular complexity index is 983. The molecule has 0 aliphatic carbocycles. The minimum Gasteiger partial charge on any atom is -0.371 e. The Morgan fingerprint density at radius 3 is 2.54 bits per heavy atom. The fraction of sp³-hybridized carbons (Fsp3) is 0.273. The predicted octanol–water partition coefficient (Wildman–Crippen LogP) is 4.76. The van der Waals surface area contributed by atoms with Crippen molar-refractivity contribution in [3.8, 4) is 0 Å². The molecular formula is C22H21F2N3O. The Balaban J connectivity index is 1.37. The second kappa shape index (κ2) is 7.92. The van der Waals surface area contributed by atoms with Gasteiger partial charge in [-0.1, -0.05) is 18.2 Å². The number of anilines is 2. The van der Waals surface area contributed by atoms with Crippen LogP contribution in [0.3, 0.4) is 0 Å². The maximum atomic E-state index is 13.9. The van der Waals surface area contributed by atoms with Crippen LogP contribution in [0.5, 0.6) is 0 Å². The molecule has 0 bridgehead atoms. The van der Waals surface area contributed by atoms with Gasteiger partial charge in [0.2, 0.25) is 11.9 Å². The maximum Gasteiger partial charge on any atom is 0.224 e. The Morgan fingerprint density at radius 2 is 1.79 bits per heavy atom. The number of pyridine rings is 1. The van der Waals surface area contributed by atoms with E-state index < -0.39 is 5.95 Å². The molecule has 4 rings (SSSR count). The summed E-state index contributed by atoms with van der Waals surface area (Å²) in [4.78, 5) is 18.4. The van der Waals surface area contributed by atoms with Gasteiger partial charge in [0.15, 0.2) is 0 Å². The molecule has 2 aromatic carbocycles. The summed E-state index contributed by atoms with van der Waals surface area (Å²) in [6, 6.07) is 14.8. The van der Waals surface area contributed by atoms with Crippen molar-refractivity contribution in [2.24, 2.45) is 5.92 Å². The van der Waals surface area contributed by atoms with Crippen LogP contribution in [0.4, 0.5) is 20.2 Å². The van der Waals surface area contributed by atoms with Crippen molar-refractivity contribution < 1.29 is 13.6 Å². The lowest BCUT2D eigenvalue weighted by Crippen LogP contribution is -2.35. The summed E-state index contributed by atoms with van der Waals surface area (Å²) < 4.78 is 26.9. The van der Waals surface area contributed by atoms with E-state index >= 15 is 0 Å². The molecule has 2 heterocycles. The van der Waals surface area contributed by atoms with Crippen LogP contribution in [0.2, 0.25) is 0 Å². The number of nitrogens with one attached hydrogen (secondary N) is 1. The van der Waals surface area contributed by atoms with Gasteiger partial charge in [-0.05, 0) is 49.1 Å². The van der Waals surface area contributed by atoms with Crippen molar-refractivity contribution in [2.45, 2.75) is 19.3 Å². The van der Waals surface area contributed by atoms with Gasteiger partial charge in [-0.15, -0.1) is 0 Å². The molecule has 1 amide bonds. The molecule has 1 N–H and O–H groups in total. The summed E-state index contributed by atoms with van der Waals surface area (Å²) in [6.45, 7) is 1.53.